The van der Waals surface area contributed by atoms with Gasteiger partial charge in [0.2, 0.25) is 0 Å². The van der Waals surface area contributed by atoms with Gasteiger partial charge in [-0.1, -0.05) is 12.1 Å². The lowest BCUT2D eigenvalue weighted by molar-refractivity contribution is 0.595. The summed E-state index contributed by atoms with van der Waals surface area (Å²) in [6.07, 6.45) is 0.600. The average Bonchev–Trinajstić information content (AvgIpc) is 2.93. The van der Waals surface area contributed by atoms with Crippen molar-refractivity contribution in [1.29, 1.82) is 0 Å². The molecule has 6 heteroatoms. The van der Waals surface area contributed by atoms with E-state index in [9.17, 15) is 9.35 Å². The molecule has 4 nitrogen and oxygen atoms in total. The van der Waals surface area contributed by atoms with Gasteiger partial charge >= 0.3 is 0 Å². The van der Waals surface area contributed by atoms with Crippen LogP contribution in [0, 0.1) is 6.92 Å². The topological polar surface area (TPSA) is 58.0 Å². The molecule has 1 atom stereocenters. The lowest BCUT2D eigenvalue weighted by Crippen LogP contribution is -2.21. The highest BCUT2D eigenvalue weighted by Crippen LogP contribution is 2.32. The van der Waals surface area contributed by atoms with Gasteiger partial charge in [0.25, 0.3) is 5.56 Å². The van der Waals surface area contributed by atoms with Gasteiger partial charge in [-0.05, 0) is 47.9 Å². The van der Waals surface area contributed by atoms with E-state index in [2.05, 4.69) is 5.10 Å². The molecule has 0 amide bonds. The first-order valence-corrected chi connectivity index (χ1v) is 9.45. The van der Waals surface area contributed by atoms with Crippen molar-refractivity contribution >= 4 is 22.5 Å². The molecule has 0 radical (unpaired) electrons. The minimum atomic E-state index is -1.06. The molecule has 0 aliphatic carbocycles. The summed E-state index contributed by atoms with van der Waals surface area (Å²) in [7, 11) is 0. The first kappa shape index (κ1) is 14.7. The number of fused-ring (bicyclic) bond motifs is 3. The molecule has 0 fully saturated rings. The number of benzene rings is 1. The second-order valence-electron chi connectivity index (χ2n) is 5.45. The molecular weight excluding hydrogens is 328 g/mol. The third-order valence-electron chi connectivity index (χ3n) is 3.89. The Balaban J connectivity index is 1.98. The van der Waals surface area contributed by atoms with Gasteiger partial charge in [0.05, 0.1) is 11.3 Å². The SMILES string of the molecule is Cc1ccc(-n2nc3c(cc2=O)CC[S+]([O-])c2ccccc2-3)s1. The molecular formula is C17H14N2O2S2. The van der Waals surface area contributed by atoms with Crippen molar-refractivity contribution in [3.8, 4) is 16.3 Å². The summed E-state index contributed by atoms with van der Waals surface area (Å²) in [5.74, 6) is 0.521. The Morgan fingerprint density at radius 3 is 2.87 bits per heavy atom. The third-order valence-corrected chi connectivity index (χ3v) is 6.29. The van der Waals surface area contributed by atoms with E-state index < -0.39 is 11.2 Å². The summed E-state index contributed by atoms with van der Waals surface area (Å²) >= 11 is 0.472. The van der Waals surface area contributed by atoms with Crippen LogP contribution in [0.5, 0.6) is 0 Å². The number of aryl methyl sites for hydroxylation is 2. The van der Waals surface area contributed by atoms with Crippen molar-refractivity contribution in [2.24, 2.45) is 0 Å². The largest absolute Gasteiger partial charge is 0.611 e. The third kappa shape index (κ3) is 2.52. The smallest absolute Gasteiger partial charge is 0.272 e. The maximum atomic E-state index is 12.4. The van der Waals surface area contributed by atoms with Gasteiger partial charge in [0.15, 0.2) is 4.90 Å². The van der Waals surface area contributed by atoms with Crippen LogP contribution in [0.3, 0.4) is 0 Å². The van der Waals surface area contributed by atoms with E-state index in [1.165, 1.54) is 16.0 Å². The van der Waals surface area contributed by atoms with Crippen LogP contribution < -0.4 is 5.56 Å². The standard InChI is InChI=1S/C17H14N2O2S2/c1-11-6-7-16(22-11)19-15(20)10-12-8-9-23(21)14-5-3-2-4-13(14)17(12)18-19/h2-7,10H,8-9H2,1H3. The molecule has 2 aromatic heterocycles. The van der Waals surface area contributed by atoms with Gasteiger partial charge in [-0.3, -0.25) is 4.79 Å². The molecule has 0 saturated heterocycles. The molecule has 1 aliphatic heterocycles. The zero-order chi connectivity index (χ0) is 16.0. The second-order valence-corrected chi connectivity index (χ2v) is 8.25. The van der Waals surface area contributed by atoms with Crippen LogP contribution in [0.25, 0.3) is 16.3 Å². The minimum Gasteiger partial charge on any atom is -0.611 e. The number of rotatable bonds is 1. The van der Waals surface area contributed by atoms with Crippen LogP contribution in [-0.4, -0.2) is 20.1 Å². The van der Waals surface area contributed by atoms with Crippen LogP contribution in [-0.2, 0) is 17.6 Å². The number of nitrogens with zero attached hydrogens (tertiary/aromatic N) is 2. The predicted molar refractivity (Wildman–Crippen MR) is 92.9 cm³/mol. The van der Waals surface area contributed by atoms with Crippen LogP contribution >= 0.6 is 11.3 Å². The highest BCUT2D eigenvalue weighted by Gasteiger charge is 2.26. The number of thiophene rings is 1. The van der Waals surface area contributed by atoms with Crippen molar-refractivity contribution in [3.05, 3.63) is 63.3 Å². The number of aromatic nitrogens is 2. The summed E-state index contributed by atoms with van der Waals surface area (Å²) in [5.41, 5.74) is 2.35. The second kappa shape index (κ2) is 5.63. The van der Waals surface area contributed by atoms with Crippen molar-refractivity contribution in [2.75, 3.05) is 5.75 Å². The van der Waals surface area contributed by atoms with E-state index in [4.69, 9.17) is 0 Å². The fraction of sp³-hybridized carbons (Fsp3) is 0.176. The molecule has 1 aliphatic rings. The summed E-state index contributed by atoms with van der Waals surface area (Å²) in [6, 6.07) is 13.1. The summed E-state index contributed by atoms with van der Waals surface area (Å²) in [5, 5.41) is 5.42. The summed E-state index contributed by atoms with van der Waals surface area (Å²) < 4.78 is 13.9. The lowest BCUT2D eigenvalue weighted by Gasteiger charge is -2.10. The monoisotopic (exact) mass is 342 g/mol. The Bertz CT molecular complexity index is 946. The summed E-state index contributed by atoms with van der Waals surface area (Å²) in [4.78, 5) is 14.4. The van der Waals surface area contributed by atoms with Gasteiger partial charge in [-0.25, -0.2) is 0 Å². The van der Waals surface area contributed by atoms with E-state index >= 15 is 0 Å². The molecule has 23 heavy (non-hydrogen) atoms. The van der Waals surface area contributed by atoms with Crippen LogP contribution in [0.2, 0.25) is 0 Å². The maximum Gasteiger partial charge on any atom is 0.272 e. The van der Waals surface area contributed by atoms with Gasteiger partial charge in [0.1, 0.15) is 10.8 Å². The van der Waals surface area contributed by atoms with Crippen LogP contribution in [0.4, 0.5) is 0 Å². The highest BCUT2D eigenvalue weighted by molar-refractivity contribution is 7.91. The van der Waals surface area contributed by atoms with E-state index in [-0.39, 0.29) is 5.56 Å². The molecule has 0 N–H and O–H groups in total. The van der Waals surface area contributed by atoms with E-state index in [1.54, 1.807) is 6.07 Å². The molecule has 4 rings (SSSR count). The molecule has 0 saturated carbocycles. The average molecular weight is 342 g/mol. The van der Waals surface area contributed by atoms with Crippen molar-refractivity contribution in [2.45, 2.75) is 18.2 Å². The highest BCUT2D eigenvalue weighted by atomic mass is 32.2. The van der Waals surface area contributed by atoms with E-state index in [0.717, 1.165) is 31.6 Å². The number of hydrogen-bond donors (Lipinski definition) is 0. The summed E-state index contributed by atoms with van der Waals surface area (Å²) in [6.45, 7) is 2.00. The zero-order valence-electron chi connectivity index (χ0n) is 12.5. The van der Waals surface area contributed by atoms with Crippen LogP contribution in [0.15, 0.2) is 52.2 Å². The van der Waals surface area contributed by atoms with Gasteiger partial charge in [-0.2, -0.15) is 9.78 Å². The van der Waals surface area contributed by atoms with Gasteiger partial charge < -0.3 is 4.55 Å². The fourth-order valence-corrected chi connectivity index (χ4v) is 4.86. The molecule has 0 spiro atoms. The normalized spacial score (nSPS) is 16.5. The Morgan fingerprint density at radius 2 is 2.09 bits per heavy atom. The molecule has 3 aromatic rings. The van der Waals surface area contributed by atoms with Crippen molar-refractivity contribution in [3.63, 3.8) is 0 Å². The minimum absolute atomic E-state index is 0.143. The van der Waals surface area contributed by atoms with Crippen LogP contribution in [0.1, 0.15) is 10.4 Å². The quantitative estimate of drug-likeness (QED) is 0.639. The Morgan fingerprint density at radius 1 is 1.26 bits per heavy atom. The zero-order valence-corrected chi connectivity index (χ0v) is 14.1. The van der Waals surface area contributed by atoms with Crippen molar-refractivity contribution < 1.29 is 4.55 Å². The first-order chi connectivity index (χ1) is 11.1. The number of hydrogen-bond acceptors (Lipinski definition) is 4. The lowest BCUT2D eigenvalue weighted by atomic mass is 10.1. The molecule has 1 unspecified atom stereocenters. The molecule has 1 aromatic carbocycles. The first-order valence-electron chi connectivity index (χ1n) is 7.31. The fourth-order valence-electron chi connectivity index (χ4n) is 2.78. The van der Waals surface area contributed by atoms with Gasteiger partial charge in [-0.15, -0.1) is 11.3 Å². The van der Waals surface area contributed by atoms with Crippen molar-refractivity contribution in [1.82, 2.24) is 9.78 Å². The molecule has 116 valence electrons. The molecule has 3 heterocycles. The predicted octanol–water partition coefficient (Wildman–Crippen LogP) is 2.93. The van der Waals surface area contributed by atoms with E-state index in [0.29, 0.717) is 12.2 Å². The maximum absolute atomic E-state index is 12.4. The Hall–Kier alpha value is -1.89. The molecule has 0 bridgehead atoms. The van der Waals surface area contributed by atoms with Gasteiger partial charge in [0, 0.05) is 17.4 Å². The Kier molecular flexibility index (Phi) is 3.60. The van der Waals surface area contributed by atoms with E-state index in [1.807, 2.05) is 43.3 Å². The Labute approximate surface area is 140 Å².